The number of hydrogen-bond acceptors (Lipinski definition) is 23. The number of thioether (sulfide) groups is 1. The Labute approximate surface area is 433 Å². The van der Waals surface area contributed by atoms with Crippen molar-refractivity contribution in [1.29, 1.82) is 0 Å². The van der Waals surface area contributed by atoms with E-state index in [9.17, 15) is 57.9 Å². The smallest absolute Gasteiger partial charge is 0.274 e. The first-order chi connectivity index (χ1) is 34.0. The number of carbonyl (C=O) groups excluding carboxylic acids is 3. The minimum atomic E-state index is -5.91. The van der Waals surface area contributed by atoms with Crippen molar-refractivity contribution < 1.29 is 85.0 Å². The molecule has 1 fully saturated rings. The van der Waals surface area contributed by atoms with Crippen LogP contribution in [0.1, 0.15) is 105 Å². The molecule has 7 atom stereocenters. The fourth-order valence-electron chi connectivity index (χ4n) is 6.39. The number of anilines is 1. The Bertz CT molecular complexity index is 2080. The number of fused-ring (bicyclic) bond motifs is 1. The maximum absolute atomic E-state index is 12.5. The van der Waals surface area contributed by atoms with Crippen molar-refractivity contribution in [2.75, 3.05) is 91.4 Å². The molecule has 1 aliphatic rings. The number of phosphoric ester groups is 3. The molecule has 3 heterocycles. The number of quaternary nitrogens is 1. The maximum Gasteiger partial charge on any atom is 0.274 e. The molecule has 0 aromatic carbocycles. The van der Waals surface area contributed by atoms with Crippen LogP contribution in [0.25, 0.3) is 11.2 Å². The summed E-state index contributed by atoms with van der Waals surface area (Å²) in [6.45, 7) is 9.83. The number of rotatable bonds is 33. The minimum absolute atomic E-state index is 0.0202. The molecule has 1 aliphatic heterocycles. The number of amides is 3. The molecule has 1 saturated heterocycles. The van der Waals surface area contributed by atoms with E-state index < -0.39 is 84.6 Å². The zero-order valence-corrected chi connectivity index (χ0v) is 47.1. The third kappa shape index (κ3) is 28.8. The quantitative estimate of drug-likeness (QED) is 0.0285. The topological polar surface area (TPSA) is 399 Å². The highest BCUT2D eigenvalue weighted by molar-refractivity contribution is 7.99. The number of nitrogen functional groups attached to an aromatic ring is 1. The molecule has 424 valence electrons. The molecule has 8 N–H and O–H groups in total. The number of hydrogen-bond donors (Lipinski definition) is 7. The van der Waals surface area contributed by atoms with Crippen LogP contribution >= 0.6 is 35.2 Å². The highest BCUT2D eigenvalue weighted by Crippen LogP contribution is 2.56. The van der Waals surface area contributed by atoms with Gasteiger partial charge in [-0.3, -0.25) is 28.1 Å². The highest BCUT2D eigenvalue weighted by Gasteiger charge is 2.47. The van der Waals surface area contributed by atoms with Crippen LogP contribution in [0, 0.1) is 5.41 Å². The molecule has 2 aromatic heterocycles. The second-order valence-electron chi connectivity index (χ2n) is 18.6. The van der Waals surface area contributed by atoms with E-state index in [1.54, 1.807) is 0 Å². The lowest BCUT2D eigenvalue weighted by molar-refractivity contribution is -0.870. The third-order valence-electron chi connectivity index (χ3n) is 10.4. The lowest BCUT2D eigenvalue weighted by atomic mass is 9.87. The Kier molecular flexibility index (Phi) is 31.9. The molecule has 7 unspecified atom stereocenters. The van der Waals surface area contributed by atoms with Crippen LogP contribution in [0.4, 0.5) is 5.82 Å². The Balaban J connectivity index is 0.00000142. The van der Waals surface area contributed by atoms with Crippen molar-refractivity contribution in [2.24, 2.45) is 5.41 Å². The van der Waals surface area contributed by atoms with Gasteiger partial charge in [0.05, 0.1) is 60.8 Å². The molecular weight excluding hydrogens is 1040 g/mol. The molecule has 0 spiro atoms. The molecule has 2 aromatic rings. The van der Waals surface area contributed by atoms with Gasteiger partial charge in [0.25, 0.3) is 15.6 Å². The SMILES string of the molecule is CCCCCNC.CCCCCNC(=O)CSCCNC(=O)CCNC(=O)C(O)C(C)(C)COP(=O)([O-])OP(=O)([O-])OCC1OC(n2cnc3c(N)ncnc32)C(O)C1OP(=O)([O-])[O-].CCCCC[N+](C)(C)C. The number of aromatic nitrogens is 4. The standard InChI is InChI=1S/C28H49N8O17P3S.C8H20N.C6H15N/c1-4-5-6-8-30-19(38)13-57-11-10-31-18(37)7-9-32-26(41)23(40)28(2,3)14-50-56(47,48)53-55(45,46)49-12-17-22(52-54(42,43)44)21(39)27(51-17)36-16-35-20-24(29)33-15-34-25(20)36;1-5-6-7-8-9(2,3)4;1-3-4-5-6-7-2/h15-17,21-23,27,39-40H,4-14H2,1-3H3,(H,30,38)(H,31,37)(H,32,41)(H,45,46)(H,47,48)(H2,29,33,34)(H2,42,43,44);5-8H2,1-4H3;7H,3-6H2,1-2H3/q;+1;/p-4. The van der Waals surface area contributed by atoms with Gasteiger partial charge in [0.15, 0.2) is 17.7 Å². The van der Waals surface area contributed by atoms with E-state index in [1.807, 2.05) is 7.05 Å². The minimum Gasteiger partial charge on any atom is -0.790 e. The summed E-state index contributed by atoms with van der Waals surface area (Å²) in [6.07, 6.45) is 3.53. The van der Waals surface area contributed by atoms with E-state index in [-0.39, 0.29) is 48.2 Å². The summed E-state index contributed by atoms with van der Waals surface area (Å²) in [5, 5.41) is 32.2. The predicted molar refractivity (Wildman–Crippen MR) is 266 cm³/mol. The average molecular weight is 1120 g/mol. The molecular formula is C42H80N10O17P3S-3. The molecule has 73 heavy (non-hydrogen) atoms. The van der Waals surface area contributed by atoms with Gasteiger partial charge in [-0.15, -0.1) is 0 Å². The number of phosphoric acid groups is 3. The number of carbonyl (C=O) groups is 3. The number of nitrogens with one attached hydrogen (secondary N) is 4. The molecule has 27 nitrogen and oxygen atoms in total. The van der Waals surface area contributed by atoms with Crippen molar-refractivity contribution in [2.45, 2.75) is 129 Å². The summed E-state index contributed by atoms with van der Waals surface area (Å²) < 4.78 is 61.6. The Morgan fingerprint density at radius 1 is 0.877 bits per heavy atom. The summed E-state index contributed by atoms with van der Waals surface area (Å²) in [5.74, 6) is -0.895. The van der Waals surface area contributed by atoms with E-state index in [1.165, 1.54) is 77.2 Å². The predicted octanol–water partition coefficient (Wildman–Crippen LogP) is 0.195. The Morgan fingerprint density at radius 2 is 1.48 bits per heavy atom. The number of nitrogens with zero attached hydrogens (tertiary/aromatic N) is 5. The Morgan fingerprint density at radius 3 is 2.08 bits per heavy atom. The summed E-state index contributed by atoms with van der Waals surface area (Å²) in [4.78, 5) is 95.8. The van der Waals surface area contributed by atoms with Crippen molar-refractivity contribution in [3.63, 3.8) is 0 Å². The van der Waals surface area contributed by atoms with E-state index in [0.717, 1.165) is 41.0 Å². The van der Waals surface area contributed by atoms with Crippen molar-refractivity contribution in [3.05, 3.63) is 12.7 Å². The monoisotopic (exact) mass is 1120 g/mol. The molecule has 0 aliphatic carbocycles. The van der Waals surface area contributed by atoms with E-state index in [2.05, 4.69) is 96.0 Å². The first-order valence-electron chi connectivity index (χ1n) is 24.1. The zero-order chi connectivity index (χ0) is 55.5. The van der Waals surface area contributed by atoms with Gasteiger partial charge in [0.2, 0.25) is 17.7 Å². The highest BCUT2D eigenvalue weighted by atomic mass is 32.2. The maximum atomic E-state index is 12.5. The van der Waals surface area contributed by atoms with E-state index in [4.69, 9.17) is 10.5 Å². The van der Waals surface area contributed by atoms with Crippen LogP contribution < -0.4 is 46.6 Å². The van der Waals surface area contributed by atoms with E-state index in [0.29, 0.717) is 12.3 Å². The first kappa shape index (κ1) is 68.3. The summed E-state index contributed by atoms with van der Waals surface area (Å²) in [7, 11) is -8.85. The Hall–Kier alpha value is -2.72. The summed E-state index contributed by atoms with van der Waals surface area (Å²) >= 11 is 1.33. The number of aliphatic hydroxyl groups excluding tert-OH is 2. The lowest BCUT2D eigenvalue weighted by Gasteiger charge is -2.36. The third-order valence-corrected chi connectivity index (χ3v) is 14.4. The largest absolute Gasteiger partial charge is 0.790 e. The number of ether oxygens (including phenoxy) is 1. The van der Waals surface area contributed by atoms with Gasteiger partial charge >= 0.3 is 0 Å². The van der Waals surface area contributed by atoms with Crippen LogP contribution in [0.3, 0.4) is 0 Å². The average Bonchev–Trinajstić information content (AvgIpc) is 3.86. The van der Waals surface area contributed by atoms with Gasteiger partial charge in [-0.05, 0) is 39.3 Å². The van der Waals surface area contributed by atoms with Gasteiger partial charge in [0.1, 0.15) is 36.3 Å². The van der Waals surface area contributed by atoms with Crippen molar-refractivity contribution in [3.8, 4) is 0 Å². The number of aliphatic hydroxyl groups is 2. The fourth-order valence-corrected chi connectivity index (χ4v) is 9.80. The molecule has 3 rings (SSSR count). The number of nitrogens with two attached hydrogens (primary N) is 1. The van der Waals surface area contributed by atoms with E-state index >= 15 is 0 Å². The van der Waals surface area contributed by atoms with Gasteiger partial charge < -0.3 is 84.1 Å². The molecule has 0 saturated carbocycles. The van der Waals surface area contributed by atoms with Crippen molar-refractivity contribution >= 4 is 69.9 Å². The second kappa shape index (κ2) is 34.1. The van der Waals surface area contributed by atoms with Crippen LogP contribution in [-0.2, 0) is 50.7 Å². The number of imidazole rings is 1. The first-order valence-corrected chi connectivity index (χ1v) is 29.7. The van der Waals surface area contributed by atoms with Gasteiger partial charge in [-0.25, -0.2) is 19.3 Å². The summed E-state index contributed by atoms with van der Waals surface area (Å²) in [5.41, 5.74) is 4.08. The van der Waals surface area contributed by atoms with Gasteiger partial charge in [-0.2, -0.15) is 11.8 Å². The molecule has 0 radical (unpaired) electrons. The molecule has 3 amide bonds. The summed E-state index contributed by atoms with van der Waals surface area (Å²) in [6, 6.07) is 0. The van der Waals surface area contributed by atoms with Gasteiger partial charge in [-0.1, -0.05) is 66.7 Å². The van der Waals surface area contributed by atoms with Crippen LogP contribution in [0.2, 0.25) is 0 Å². The second-order valence-corrected chi connectivity index (χ2v) is 23.8. The van der Waals surface area contributed by atoms with Crippen LogP contribution in [-0.4, -0.2) is 162 Å². The zero-order valence-electron chi connectivity index (χ0n) is 43.6. The normalized spacial score (nSPS) is 19.1. The number of unbranched alkanes of at least 4 members (excludes halogenated alkanes) is 6. The lowest BCUT2D eigenvalue weighted by Crippen LogP contribution is -2.46. The van der Waals surface area contributed by atoms with Crippen LogP contribution in [0.15, 0.2) is 12.7 Å². The van der Waals surface area contributed by atoms with Gasteiger partial charge in [0, 0.05) is 37.2 Å². The molecule has 0 bridgehead atoms. The van der Waals surface area contributed by atoms with Crippen LogP contribution in [0.5, 0.6) is 0 Å². The fraction of sp³-hybridized carbons (Fsp3) is 0.810. The van der Waals surface area contributed by atoms with Crippen molar-refractivity contribution in [1.82, 2.24) is 40.8 Å². The molecule has 31 heteroatoms.